The van der Waals surface area contributed by atoms with E-state index in [0.717, 1.165) is 50.2 Å². The minimum absolute atomic E-state index is 0.112. The monoisotopic (exact) mass is 346 g/mol. The van der Waals surface area contributed by atoms with E-state index in [9.17, 15) is 9.59 Å². The number of cyclic esters (lactones) is 1. The number of hydrogen-bond donors (Lipinski definition) is 0. The van der Waals surface area contributed by atoms with Crippen LogP contribution in [0.25, 0.3) is 0 Å². The third-order valence-corrected chi connectivity index (χ3v) is 5.02. The summed E-state index contributed by atoms with van der Waals surface area (Å²) in [5.41, 5.74) is 1.14. The first-order valence-corrected chi connectivity index (χ1v) is 8.99. The normalized spacial score (nSPS) is 21.7. The summed E-state index contributed by atoms with van der Waals surface area (Å²) in [5, 5.41) is 0. The molecule has 1 atom stereocenters. The van der Waals surface area contributed by atoms with Gasteiger partial charge in [0.1, 0.15) is 11.8 Å². The van der Waals surface area contributed by atoms with Crippen LogP contribution < -0.4 is 4.74 Å². The molecule has 2 fully saturated rings. The lowest BCUT2D eigenvalue weighted by molar-refractivity contribution is -0.142. The summed E-state index contributed by atoms with van der Waals surface area (Å²) in [5.74, 6) is 0.902. The van der Waals surface area contributed by atoms with Crippen LogP contribution >= 0.6 is 0 Å². The van der Waals surface area contributed by atoms with Gasteiger partial charge in [-0.15, -0.1) is 0 Å². The Morgan fingerprint density at radius 2 is 2.00 bits per heavy atom. The van der Waals surface area contributed by atoms with Gasteiger partial charge >= 0.3 is 5.97 Å². The third kappa shape index (κ3) is 4.51. The number of methoxy groups -OCH3 is 1. The standard InChI is InChI=1S/C19H26N2O4/c1-24-16-6-3-15(4-7-16)5-8-18(22)21-11-2-10-20(12-13-21)17-9-14-25-19(17)23/h3-4,6-7,17H,2,5,8-14H2,1H3/t17-/m0/s1. The Kier molecular flexibility index (Phi) is 5.91. The molecule has 0 spiro atoms. The first-order chi connectivity index (χ1) is 12.2. The fraction of sp³-hybridized carbons (Fsp3) is 0.579. The minimum atomic E-state index is -0.116. The van der Waals surface area contributed by atoms with Gasteiger partial charge in [0.15, 0.2) is 0 Å². The van der Waals surface area contributed by atoms with Crippen molar-refractivity contribution in [3.63, 3.8) is 0 Å². The van der Waals surface area contributed by atoms with Crippen LogP contribution in [0.5, 0.6) is 5.75 Å². The van der Waals surface area contributed by atoms with Crippen LogP contribution in [0.3, 0.4) is 0 Å². The largest absolute Gasteiger partial charge is 0.497 e. The number of hydrogen-bond acceptors (Lipinski definition) is 5. The molecule has 1 amide bonds. The van der Waals surface area contributed by atoms with Crippen molar-refractivity contribution in [2.24, 2.45) is 0 Å². The van der Waals surface area contributed by atoms with Gasteiger partial charge in [-0.1, -0.05) is 12.1 Å². The molecule has 1 aromatic rings. The Bertz CT molecular complexity index is 602. The molecule has 3 rings (SSSR count). The molecule has 0 bridgehead atoms. The Morgan fingerprint density at radius 1 is 1.20 bits per heavy atom. The molecule has 0 radical (unpaired) electrons. The average molecular weight is 346 g/mol. The lowest BCUT2D eigenvalue weighted by Gasteiger charge is -2.24. The molecule has 0 unspecified atom stereocenters. The first kappa shape index (κ1) is 17.7. The lowest BCUT2D eigenvalue weighted by atomic mass is 10.1. The third-order valence-electron chi connectivity index (χ3n) is 5.02. The molecule has 2 aliphatic rings. The molecule has 1 aromatic carbocycles. The van der Waals surface area contributed by atoms with Gasteiger partial charge in [0.2, 0.25) is 5.91 Å². The quantitative estimate of drug-likeness (QED) is 0.756. The molecule has 2 heterocycles. The summed E-state index contributed by atoms with van der Waals surface area (Å²) in [6.45, 7) is 3.56. The molecule has 2 saturated heterocycles. The fourth-order valence-electron chi connectivity index (χ4n) is 3.52. The highest BCUT2D eigenvalue weighted by molar-refractivity contribution is 5.78. The Labute approximate surface area is 148 Å². The van der Waals surface area contributed by atoms with E-state index < -0.39 is 0 Å². The summed E-state index contributed by atoms with van der Waals surface area (Å²) < 4.78 is 10.2. The van der Waals surface area contributed by atoms with E-state index in [1.807, 2.05) is 29.2 Å². The van der Waals surface area contributed by atoms with Gasteiger partial charge in [-0.3, -0.25) is 14.5 Å². The Hall–Kier alpha value is -2.08. The molecule has 0 N–H and O–H groups in total. The van der Waals surface area contributed by atoms with E-state index in [4.69, 9.17) is 9.47 Å². The number of carbonyl (C=O) groups is 2. The van der Waals surface area contributed by atoms with Crippen molar-refractivity contribution in [2.45, 2.75) is 31.7 Å². The Balaban J connectivity index is 1.48. The van der Waals surface area contributed by atoms with Crippen molar-refractivity contribution in [1.29, 1.82) is 0 Å². The van der Waals surface area contributed by atoms with Crippen molar-refractivity contribution in [1.82, 2.24) is 9.80 Å². The second kappa shape index (κ2) is 8.34. The van der Waals surface area contributed by atoms with E-state index in [1.165, 1.54) is 0 Å². The number of carbonyl (C=O) groups excluding carboxylic acids is 2. The van der Waals surface area contributed by atoms with Crippen molar-refractivity contribution in [2.75, 3.05) is 39.9 Å². The van der Waals surface area contributed by atoms with Crippen LogP contribution in [0.15, 0.2) is 24.3 Å². The van der Waals surface area contributed by atoms with Gasteiger partial charge in [-0.25, -0.2) is 0 Å². The number of esters is 1. The average Bonchev–Trinajstić information content (AvgIpc) is 2.92. The Morgan fingerprint density at radius 3 is 2.68 bits per heavy atom. The highest BCUT2D eigenvalue weighted by atomic mass is 16.5. The van der Waals surface area contributed by atoms with Crippen molar-refractivity contribution in [3.8, 4) is 5.75 Å². The molecular formula is C19H26N2O4. The number of nitrogens with zero attached hydrogens (tertiary/aromatic N) is 2. The van der Waals surface area contributed by atoms with Crippen LogP contribution in [-0.2, 0) is 20.7 Å². The summed E-state index contributed by atoms with van der Waals surface area (Å²) in [6, 6.07) is 7.73. The van der Waals surface area contributed by atoms with E-state index in [0.29, 0.717) is 19.6 Å². The molecular weight excluding hydrogens is 320 g/mol. The summed E-state index contributed by atoms with van der Waals surface area (Å²) in [6.07, 6.45) is 2.91. The second-order valence-corrected chi connectivity index (χ2v) is 6.59. The lowest BCUT2D eigenvalue weighted by Crippen LogP contribution is -2.41. The van der Waals surface area contributed by atoms with E-state index >= 15 is 0 Å². The van der Waals surface area contributed by atoms with Crippen LogP contribution in [0.1, 0.15) is 24.8 Å². The van der Waals surface area contributed by atoms with Crippen LogP contribution in [0.2, 0.25) is 0 Å². The zero-order valence-corrected chi connectivity index (χ0v) is 14.8. The van der Waals surface area contributed by atoms with Gasteiger partial charge in [0.25, 0.3) is 0 Å². The highest BCUT2D eigenvalue weighted by Gasteiger charge is 2.33. The topological polar surface area (TPSA) is 59.1 Å². The maximum Gasteiger partial charge on any atom is 0.323 e. The van der Waals surface area contributed by atoms with Crippen molar-refractivity contribution in [3.05, 3.63) is 29.8 Å². The smallest absolute Gasteiger partial charge is 0.323 e. The number of rotatable bonds is 5. The van der Waals surface area contributed by atoms with E-state index in [2.05, 4.69) is 4.90 Å². The minimum Gasteiger partial charge on any atom is -0.497 e. The first-order valence-electron chi connectivity index (χ1n) is 8.99. The van der Waals surface area contributed by atoms with Gasteiger partial charge in [-0.2, -0.15) is 0 Å². The van der Waals surface area contributed by atoms with Crippen LogP contribution in [0.4, 0.5) is 0 Å². The van der Waals surface area contributed by atoms with Crippen LogP contribution in [-0.4, -0.2) is 67.6 Å². The maximum absolute atomic E-state index is 12.5. The van der Waals surface area contributed by atoms with Gasteiger partial charge in [0, 0.05) is 39.0 Å². The molecule has 0 aliphatic carbocycles. The second-order valence-electron chi connectivity index (χ2n) is 6.59. The zero-order chi connectivity index (χ0) is 17.6. The van der Waals surface area contributed by atoms with Crippen molar-refractivity contribution >= 4 is 11.9 Å². The molecule has 136 valence electrons. The molecule has 6 nitrogen and oxygen atoms in total. The van der Waals surface area contributed by atoms with Gasteiger partial charge < -0.3 is 14.4 Å². The van der Waals surface area contributed by atoms with Gasteiger partial charge in [-0.05, 0) is 30.5 Å². The molecule has 6 heteroatoms. The highest BCUT2D eigenvalue weighted by Crippen LogP contribution is 2.17. The number of ether oxygens (including phenoxy) is 2. The SMILES string of the molecule is COc1ccc(CCC(=O)N2CCCN([C@H]3CCOC3=O)CC2)cc1. The molecule has 25 heavy (non-hydrogen) atoms. The fourth-order valence-corrected chi connectivity index (χ4v) is 3.52. The number of amides is 1. The maximum atomic E-state index is 12.5. The van der Waals surface area contributed by atoms with E-state index in [-0.39, 0.29) is 17.9 Å². The van der Waals surface area contributed by atoms with Crippen LogP contribution in [0, 0.1) is 0 Å². The molecule has 0 saturated carbocycles. The predicted molar refractivity (Wildman–Crippen MR) is 93.4 cm³/mol. The van der Waals surface area contributed by atoms with Crippen molar-refractivity contribution < 1.29 is 19.1 Å². The zero-order valence-electron chi connectivity index (χ0n) is 14.8. The molecule has 0 aromatic heterocycles. The molecule has 2 aliphatic heterocycles. The predicted octanol–water partition coefficient (Wildman–Crippen LogP) is 1.48. The van der Waals surface area contributed by atoms with Gasteiger partial charge in [0.05, 0.1) is 13.7 Å². The number of aryl methyl sites for hydroxylation is 1. The van der Waals surface area contributed by atoms with E-state index in [1.54, 1.807) is 7.11 Å². The summed E-state index contributed by atoms with van der Waals surface area (Å²) >= 11 is 0. The summed E-state index contributed by atoms with van der Waals surface area (Å²) in [4.78, 5) is 28.4. The number of benzene rings is 1. The summed E-state index contributed by atoms with van der Waals surface area (Å²) in [7, 11) is 1.65.